The van der Waals surface area contributed by atoms with Gasteiger partial charge in [0, 0.05) is 32.1 Å². The third kappa shape index (κ3) is 3.02. The van der Waals surface area contributed by atoms with Crippen LogP contribution in [0.15, 0.2) is 24.3 Å². The zero-order chi connectivity index (χ0) is 13.1. The van der Waals surface area contributed by atoms with E-state index in [1.807, 2.05) is 0 Å². The van der Waals surface area contributed by atoms with Gasteiger partial charge in [-0.15, -0.1) is 11.6 Å². The Bertz CT molecular complexity index is 509. The highest BCUT2D eigenvalue weighted by atomic mass is 35.5. The summed E-state index contributed by atoms with van der Waals surface area (Å²) in [5.41, 5.74) is 1.12. The van der Waals surface area contributed by atoms with Gasteiger partial charge in [0.25, 0.3) is 0 Å². The number of hydrogen-bond acceptors (Lipinski definition) is 4. The molecule has 3 nitrogen and oxygen atoms in total. The van der Waals surface area contributed by atoms with E-state index in [0.29, 0.717) is 0 Å². The van der Waals surface area contributed by atoms with Crippen molar-refractivity contribution in [1.82, 2.24) is 9.88 Å². The monoisotopic (exact) mass is 295 g/mol. The largest absolute Gasteiger partial charge is 0.347 e. The lowest BCUT2D eigenvalue weighted by Crippen LogP contribution is -2.31. The van der Waals surface area contributed by atoms with E-state index in [9.17, 15) is 0 Å². The smallest absolute Gasteiger partial charge is 0.186 e. The summed E-state index contributed by atoms with van der Waals surface area (Å²) in [7, 11) is 0. The second-order valence-electron chi connectivity index (χ2n) is 4.84. The molecular formula is C14H18ClN3S. The second-order valence-corrected chi connectivity index (χ2v) is 6.22. The lowest BCUT2D eigenvalue weighted by Gasteiger charge is -2.20. The van der Waals surface area contributed by atoms with E-state index in [2.05, 4.69) is 34.1 Å². The molecule has 1 aromatic heterocycles. The predicted molar refractivity (Wildman–Crippen MR) is 83.6 cm³/mol. The Balaban J connectivity index is 1.74. The van der Waals surface area contributed by atoms with Gasteiger partial charge in [-0.3, -0.25) is 0 Å². The van der Waals surface area contributed by atoms with Crippen LogP contribution in [-0.4, -0.2) is 48.5 Å². The summed E-state index contributed by atoms with van der Waals surface area (Å²) >= 11 is 7.63. The first-order chi connectivity index (χ1) is 9.36. The maximum absolute atomic E-state index is 5.83. The van der Waals surface area contributed by atoms with Gasteiger partial charge in [0.2, 0.25) is 0 Å². The number of anilines is 1. The van der Waals surface area contributed by atoms with Gasteiger partial charge in [-0.2, -0.15) is 0 Å². The van der Waals surface area contributed by atoms with Crippen LogP contribution in [0.5, 0.6) is 0 Å². The third-order valence-corrected chi connectivity index (χ3v) is 4.81. The highest BCUT2D eigenvalue weighted by Gasteiger charge is 2.17. The number of fused-ring (bicyclic) bond motifs is 1. The van der Waals surface area contributed by atoms with Crippen LogP contribution in [0, 0.1) is 0 Å². The molecule has 0 aliphatic carbocycles. The quantitative estimate of drug-likeness (QED) is 0.812. The van der Waals surface area contributed by atoms with Gasteiger partial charge in [-0.1, -0.05) is 23.5 Å². The third-order valence-electron chi connectivity index (χ3n) is 3.54. The fourth-order valence-corrected chi connectivity index (χ4v) is 3.76. The Morgan fingerprint density at radius 3 is 2.89 bits per heavy atom. The van der Waals surface area contributed by atoms with Crippen LogP contribution < -0.4 is 4.90 Å². The highest BCUT2D eigenvalue weighted by Crippen LogP contribution is 2.29. The van der Waals surface area contributed by atoms with Crippen molar-refractivity contribution in [2.75, 3.05) is 43.5 Å². The van der Waals surface area contributed by atoms with Crippen molar-refractivity contribution in [2.24, 2.45) is 0 Å². The first-order valence-corrected chi connectivity index (χ1v) is 8.11. The molecule has 1 saturated heterocycles. The Kier molecular flexibility index (Phi) is 4.21. The molecule has 1 aliphatic rings. The van der Waals surface area contributed by atoms with Crippen LogP contribution >= 0.6 is 22.9 Å². The average molecular weight is 296 g/mol. The lowest BCUT2D eigenvalue weighted by molar-refractivity contribution is 0.311. The van der Waals surface area contributed by atoms with E-state index in [4.69, 9.17) is 16.6 Å². The summed E-state index contributed by atoms with van der Waals surface area (Å²) in [6, 6.07) is 8.37. The number of aromatic nitrogens is 1. The number of thiazole rings is 1. The maximum Gasteiger partial charge on any atom is 0.186 e. The van der Waals surface area contributed by atoms with E-state index in [1.54, 1.807) is 11.3 Å². The van der Waals surface area contributed by atoms with Crippen LogP contribution in [-0.2, 0) is 0 Å². The molecule has 19 heavy (non-hydrogen) atoms. The molecule has 0 spiro atoms. The van der Waals surface area contributed by atoms with Crippen molar-refractivity contribution < 1.29 is 0 Å². The van der Waals surface area contributed by atoms with Gasteiger partial charge in [0.1, 0.15) is 0 Å². The number of benzene rings is 1. The summed E-state index contributed by atoms with van der Waals surface area (Å²) < 4.78 is 1.28. The fraction of sp³-hybridized carbons (Fsp3) is 0.500. The Hall–Kier alpha value is -0.840. The van der Waals surface area contributed by atoms with Crippen molar-refractivity contribution in [2.45, 2.75) is 6.42 Å². The first kappa shape index (κ1) is 13.2. The summed E-state index contributed by atoms with van der Waals surface area (Å²) in [4.78, 5) is 9.61. The molecule has 5 heteroatoms. The molecule has 1 fully saturated rings. The number of rotatable bonds is 3. The van der Waals surface area contributed by atoms with Gasteiger partial charge in [0.15, 0.2) is 5.13 Å². The van der Waals surface area contributed by atoms with Crippen molar-refractivity contribution in [3.05, 3.63) is 24.3 Å². The zero-order valence-corrected chi connectivity index (χ0v) is 12.5. The molecule has 2 heterocycles. The summed E-state index contributed by atoms with van der Waals surface area (Å²) in [5.74, 6) is 0.723. The summed E-state index contributed by atoms with van der Waals surface area (Å²) in [6.45, 7) is 5.38. The number of hydrogen-bond donors (Lipinski definition) is 0. The Morgan fingerprint density at radius 2 is 2.05 bits per heavy atom. The normalized spacial score (nSPS) is 17.8. The van der Waals surface area contributed by atoms with Gasteiger partial charge in [-0.05, 0) is 25.1 Å². The van der Waals surface area contributed by atoms with Gasteiger partial charge >= 0.3 is 0 Å². The van der Waals surface area contributed by atoms with Crippen molar-refractivity contribution in [3.63, 3.8) is 0 Å². The number of alkyl halides is 1. The Morgan fingerprint density at radius 1 is 1.16 bits per heavy atom. The molecule has 2 aromatic rings. The van der Waals surface area contributed by atoms with E-state index in [-0.39, 0.29) is 0 Å². The second kappa shape index (κ2) is 6.07. The van der Waals surface area contributed by atoms with E-state index >= 15 is 0 Å². The Labute approximate surface area is 122 Å². The van der Waals surface area contributed by atoms with Crippen LogP contribution in [0.2, 0.25) is 0 Å². The topological polar surface area (TPSA) is 19.4 Å². The molecule has 0 atom stereocenters. The molecule has 0 radical (unpaired) electrons. The molecule has 0 amide bonds. The molecular weight excluding hydrogens is 278 g/mol. The molecule has 102 valence electrons. The molecule has 3 rings (SSSR count). The molecule has 0 bridgehead atoms. The van der Waals surface area contributed by atoms with Gasteiger partial charge in [0.05, 0.1) is 10.2 Å². The SMILES string of the molecule is ClCCN1CCCN(c2nc3ccccc3s2)CC1. The molecule has 0 saturated carbocycles. The van der Waals surface area contributed by atoms with E-state index < -0.39 is 0 Å². The number of halogens is 1. The lowest BCUT2D eigenvalue weighted by atomic mass is 10.3. The first-order valence-electron chi connectivity index (χ1n) is 6.75. The number of nitrogens with zero attached hydrogens (tertiary/aromatic N) is 3. The van der Waals surface area contributed by atoms with E-state index in [0.717, 1.165) is 49.3 Å². The minimum Gasteiger partial charge on any atom is -0.347 e. The molecule has 1 aromatic carbocycles. The van der Waals surface area contributed by atoms with Crippen molar-refractivity contribution in [3.8, 4) is 0 Å². The predicted octanol–water partition coefficient (Wildman–Crippen LogP) is 3.05. The minimum absolute atomic E-state index is 0.723. The molecule has 1 aliphatic heterocycles. The standard InChI is InChI=1S/C14H18ClN3S/c15-6-9-17-7-3-8-18(11-10-17)14-16-12-4-1-2-5-13(12)19-14/h1-2,4-5H,3,6-11H2. The van der Waals surface area contributed by atoms with Crippen molar-refractivity contribution in [1.29, 1.82) is 0 Å². The highest BCUT2D eigenvalue weighted by molar-refractivity contribution is 7.22. The zero-order valence-electron chi connectivity index (χ0n) is 10.9. The van der Waals surface area contributed by atoms with Crippen LogP contribution in [0.3, 0.4) is 0 Å². The minimum atomic E-state index is 0.723. The van der Waals surface area contributed by atoms with Crippen LogP contribution in [0.25, 0.3) is 10.2 Å². The average Bonchev–Trinajstić information content (AvgIpc) is 2.72. The van der Waals surface area contributed by atoms with E-state index in [1.165, 1.54) is 11.1 Å². The van der Waals surface area contributed by atoms with Crippen LogP contribution in [0.4, 0.5) is 5.13 Å². The fourth-order valence-electron chi connectivity index (χ4n) is 2.50. The maximum atomic E-state index is 5.83. The molecule has 0 N–H and O–H groups in total. The van der Waals surface area contributed by atoms with Gasteiger partial charge in [-0.25, -0.2) is 4.98 Å². The van der Waals surface area contributed by atoms with Crippen molar-refractivity contribution >= 4 is 38.3 Å². The van der Waals surface area contributed by atoms with Crippen LogP contribution in [0.1, 0.15) is 6.42 Å². The number of para-hydroxylation sites is 1. The summed E-state index contributed by atoms with van der Waals surface area (Å²) in [5, 5.41) is 1.16. The summed E-state index contributed by atoms with van der Waals surface area (Å²) in [6.07, 6.45) is 1.19. The van der Waals surface area contributed by atoms with Gasteiger partial charge < -0.3 is 9.80 Å². The molecule has 0 unspecified atom stereocenters.